The molecule has 0 aliphatic carbocycles. The van der Waals surface area contributed by atoms with E-state index < -0.39 is 69.8 Å². The maximum atomic E-state index is 14.4. The van der Waals surface area contributed by atoms with E-state index in [1.807, 2.05) is 0 Å². The van der Waals surface area contributed by atoms with Crippen molar-refractivity contribution in [2.45, 2.75) is 50.6 Å². The number of nitrogen functional groups attached to an aromatic ring is 1. The monoisotopic (exact) mass is 743 g/mol. The first-order valence-corrected chi connectivity index (χ1v) is 17.0. The number of benzene rings is 2. The number of ether oxygens (including phenoxy) is 2. The minimum atomic E-state index is -4.77. The molecule has 270 valence electrons. The van der Waals surface area contributed by atoms with Crippen molar-refractivity contribution in [3.05, 3.63) is 76.4 Å². The van der Waals surface area contributed by atoms with Gasteiger partial charge in [-0.25, -0.2) is 15.2 Å². The molecule has 5 rings (SSSR count). The van der Waals surface area contributed by atoms with Gasteiger partial charge >= 0.3 is 19.9 Å². The third kappa shape index (κ3) is 8.14. The van der Waals surface area contributed by atoms with E-state index in [2.05, 4.69) is 15.1 Å². The number of esters is 1. The molecule has 15 nitrogen and oxygen atoms in total. The molecule has 0 saturated heterocycles. The highest BCUT2D eigenvalue weighted by Gasteiger charge is 2.43. The van der Waals surface area contributed by atoms with E-state index in [1.165, 1.54) is 35.3 Å². The summed E-state index contributed by atoms with van der Waals surface area (Å²) in [5.41, 5.74) is 4.71. The third-order valence-electron chi connectivity index (χ3n) is 7.67. The third-order valence-corrected chi connectivity index (χ3v) is 9.44. The van der Waals surface area contributed by atoms with Gasteiger partial charge in [0.1, 0.15) is 42.5 Å². The quantitative estimate of drug-likeness (QED) is 0.0530. The van der Waals surface area contributed by atoms with Crippen LogP contribution in [0.2, 0.25) is 5.02 Å². The number of alkyl halides is 3. The van der Waals surface area contributed by atoms with E-state index in [9.17, 15) is 32.7 Å². The van der Waals surface area contributed by atoms with Crippen LogP contribution in [0.4, 0.5) is 24.9 Å². The minimum Gasteiger partial charge on any atom is -0.459 e. The zero-order valence-corrected chi connectivity index (χ0v) is 28.2. The van der Waals surface area contributed by atoms with Crippen LogP contribution < -0.4 is 26.2 Å². The van der Waals surface area contributed by atoms with Crippen molar-refractivity contribution in [2.75, 3.05) is 31.0 Å². The Morgan fingerprint density at radius 2 is 1.94 bits per heavy atom. The Balaban J connectivity index is 1.46. The van der Waals surface area contributed by atoms with Crippen molar-refractivity contribution in [3.63, 3.8) is 0 Å². The zero-order valence-electron chi connectivity index (χ0n) is 26.6. The van der Waals surface area contributed by atoms with Crippen molar-refractivity contribution in [1.29, 1.82) is 0 Å². The van der Waals surface area contributed by atoms with Crippen LogP contribution in [-0.2, 0) is 36.1 Å². The van der Waals surface area contributed by atoms with E-state index in [4.69, 9.17) is 41.7 Å². The first kappa shape index (κ1) is 37.3. The number of rotatable bonds is 14. The summed E-state index contributed by atoms with van der Waals surface area (Å²) in [6.45, 7) is -0.444. The number of aliphatic hydroxyl groups is 2. The Morgan fingerprint density at radius 1 is 1.22 bits per heavy atom. The summed E-state index contributed by atoms with van der Waals surface area (Å²) in [4.78, 5) is 21.4. The van der Waals surface area contributed by atoms with E-state index >= 15 is 0 Å². The second kappa shape index (κ2) is 15.1. The van der Waals surface area contributed by atoms with Crippen LogP contribution in [0.3, 0.4) is 0 Å². The van der Waals surface area contributed by atoms with Crippen molar-refractivity contribution in [1.82, 2.24) is 19.6 Å². The van der Waals surface area contributed by atoms with Crippen molar-refractivity contribution < 1.29 is 51.3 Å². The Bertz CT molecular complexity index is 1880. The van der Waals surface area contributed by atoms with Crippen LogP contribution in [0.25, 0.3) is 11.0 Å². The standard InChI is InChI=1S/C30H34ClF3N7O8P/c1-3-24(41-12-11-19-26(40(2)36)37-29(35)38-27(19)41)48-23(22(43)13-42)15-47-50(45,49-17-9-7-16(31)8-10-17)39-25-18-5-4-6-21(30(32,33)34)20(18)14-46-28(25)44/h4-12,22-25,42-43H,3,13-15,36H2,1-2H3,(H,39,45)(H2,35,37,38)/t22-,23?,24?,25?,50?/m0/s1. The highest BCUT2D eigenvalue weighted by molar-refractivity contribution is 7.52. The molecule has 5 atom stereocenters. The number of carbonyl (C=O) groups excluding carboxylic acids is 1. The fourth-order valence-electron chi connectivity index (χ4n) is 5.29. The number of cyclic esters (lactones) is 1. The smallest absolute Gasteiger partial charge is 0.459 e. The number of hydrogen-bond acceptors (Lipinski definition) is 13. The molecular formula is C30H34ClF3N7O8P. The zero-order chi connectivity index (χ0) is 36.4. The number of aromatic nitrogens is 3. The number of nitrogens with one attached hydrogen (secondary N) is 1. The molecule has 4 unspecified atom stereocenters. The summed E-state index contributed by atoms with van der Waals surface area (Å²) < 4.78 is 80.1. The summed E-state index contributed by atoms with van der Waals surface area (Å²) in [5, 5.41) is 25.2. The Kier molecular flexibility index (Phi) is 11.2. The van der Waals surface area contributed by atoms with Gasteiger partial charge in [-0.15, -0.1) is 0 Å². The number of carbonyl (C=O) groups is 1. The van der Waals surface area contributed by atoms with Gasteiger partial charge in [0.15, 0.2) is 5.82 Å². The van der Waals surface area contributed by atoms with Crippen molar-refractivity contribution >= 4 is 48.1 Å². The molecule has 0 bridgehead atoms. The maximum absolute atomic E-state index is 14.4. The van der Waals surface area contributed by atoms with Crippen molar-refractivity contribution in [3.8, 4) is 5.75 Å². The molecule has 3 heterocycles. The number of hydrazine groups is 1. The summed E-state index contributed by atoms with van der Waals surface area (Å²) in [6, 6.07) is 8.67. The van der Waals surface area contributed by atoms with Gasteiger partial charge in [0.05, 0.1) is 24.2 Å². The van der Waals surface area contributed by atoms with E-state index in [0.29, 0.717) is 21.9 Å². The summed E-state index contributed by atoms with van der Waals surface area (Å²) in [7, 11) is -3.20. The molecule has 1 aliphatic rings. The molecule has 50 heavy (non-hydrogen) atoms. The molecule has 4 aromatic rings. The lowest BCUT2D eigenvalue weighted by atomic mass is 9.94. The highest BCUT2D eigenvalue weighted by Crippen LogP contribution is 2.49. The average molecular weight is 744 g/mol. The molecule has 7 N–H and O–H groups in total. The second-order valence-corrected chi connectivity index (χ2v) is 13.3. The van der Waals surface area contributed by atoms with Crippen LogP contribution in [0.15, 0.2) is 54.7 Å². The Hall–Kier alpha value is -4.00. The fourth-order valence-corrected chi connectivity index (χ4v) is 6.89. The van der Waals surface area contributed by atoms with Gasteiger partial charge in [0.2, 0.25) is 5.95 Å². The maximum Gasteiger partial charge on any atom is 0.459 e. The van der Waals surface area contributed by atoms with Gasteiger partial charge < -0.3 is 34.5 Å². The molecule has 0 radical (unpaired) electrons. The number of hydrogen-bond donors (Lipinski definition) is 5. The molecule has 0 spiro atoms. The largest absolute Gasteiger partial charge is 0.459 e. The van der Waals surface area contributed by atoms with Gasteiger partial charge in [0.25, 0.3) is 0 Å². The molecule has 2 aromatic carbocycles. The number of nitrogens with two attached hydrogens (primary N) is 2. The minimum absolute atomic E-state index is 0.0537. The summed E-state index contributed by atoms with van der Waals surface area (Å²) in [5.74, 6) is 5.07. The van der Waals surface area contributed by atoms with Gasteiger partial charge in [0, 0.05) is 23.8 Å². The van der Waals surface area contributed by atoms with Crippen LogP contribution >= 0.6 is 19.3 Å². The van der Waals surface area contributed by atoms with Crippen LogP contribution in [0, 0.1) is 0 Å². The lowest BCUT2D eigenvalue weighted by molar-refractivity contribution is -0.152. The normalized spacial score (nSPS) is 17.8. The Morgan fingerprint density at radius 3 is 2.58 bits per heavy atom. The predicted octanol–water partition coefficient (Wildman–Crippen LogP) is 4.23. The lowest BCUT2D eigenvalue weighted by Gasteiger charge is -2.32. The molecular weight excluding hydrogens is 710 g/mol. The topological polar surface area (TPSA) is 210 Å². The number of halogens is 4. The molecule has 1 aliphatic heterocycles. The predicted molar refractivity (Wildman–Crippen MR) is 175 cm³/mol. The molecule has 0 saturated carbocycles. The average Bonchev–Trinajstić information content (AvgIpc) is 3.49. The van der Waals surface area contributed by atoms with Gasteiger partial charge in [-0.1, -0.05) is 30.7 Å². The second-order valence-electron chi connectivity index (χ2n) is 11.1. The Labute approximate surface area is 288 Å². The van der Waals surface area contributed by atoms with Crippen LogP contribution in [0.5, 0.6) is 5.75 Å². The number of nitrogens with zero attached hydrogens (tertiary/aromatic N) is 4. The highest BCUT2D eigenvalue weighted by atomic mass is 35.5. The fraction of sp³-hybridized carbons (Fsp3) is 0.367. The van der Waals surface area contributed by atoms with E-state index in [1.54, 1.807) is 30.8 Å². The first-order valence-electron chi connectivity index (χ1n) is 15.0. The summed E-state index contributed by atoms with van der Waals surface area (Å²) >= 11 is 5.97. The number of fused-ring (bicyclic) bond motifs is 2. The summed E-state index contributed by atoms with van der Waals surface area (Å²) in [6.07, 6.45) is -6.75. The van der Waals surface area contributed by atoms with Crippen LogP contribution in [0.1, 0.15) is 42.3 Å². The van der Waals surface area contributed by atoms with Crippen molar-refractivity contribution in [2.24, 2.45) is 5.84 Å². The number of aliphatic hydroxyl groups excluding tert-OH is 2. The first-order chi connectivity index (χ1) is 23.6. The van der Waals surface area contributed by atoms with Gasteiger partial charge in [-0.2, -0.15) is 28.2 Å². The molecule has 20 heteroatoms. The number of anilines is 2. The lowest BCUT2D eigenvalue weighted by Crippen LogP contribution is -2.39. The van der Waals surface area contributed by atoms with Gasteiger partial charge in [-0.3, -0.25) is 9.53 Å². The SMILES string of the molecule is CCC(OC(COP(=O)(NC1C(=O)OCc2c1cccc2C(F)(F)F)Oc1ccc(Cl)cc1)[C@@H](O)CO)n1ccc2c(N(C)N)nc(N)nc21. The van der Waals surface area contributed by atoms with E-state index in [0.717, 1.165) is 12.1 Å². The molecule has 0 fully saturated rings. The van der Waals surface area contributed by atoms with Crippen LogP contribution in [-0.4, -0.2) is 63.2 Å². The van der Waals surface area contributed by atoms with E-state index in [-0.39, 0.29) is 29.2 Å². The van der Waals surface area contributed by atoms with Gasteiger partial charge in [-0.05, 0) is 48.4 Å². The molecule has 2 aromatic heterocycles. The molecule has 0 amide bonds.